The first-order valence-corrected chi connectivity index (χ1v) is 11.5. The molecule has 1 heterocycles. The Hall–Kier alpha value is -3.92. The maximum absolute atomic E-state index is 12.8. The smallest absolute Gasteiger partial charge is 0.261 e. The number of rotatable bonds is 7. The van der Waals surface area contributed by atoms with E-state index in [9.17, 15) is 18.3 Å². The van der Waals surface area contributed by atoms with Gasteiger partial charge in [0.05, 0.1) is 17.6 Å². The van der Waals surface area contributed by atoms with Crippen molar-refractivity contribution in [1.29, 1.82) is 0 Å². The van der Waals surface area contributed by atoms with Crippen LogP contribution in [0.1, 0.15) is 15.9 Å². The first-order valence-electron chi connectivity index (χ1n) is 10.0. The predicted octanol–water partition coefficient (Wildman–Crippen LogP) is 2.90. The van der Waals surface area contributed by atoms with Crippen molar-refractivity contribution in [1.82, 2.24) is 5.32 Å². The summed E-state index contributed by atoms with van der Waals surface area (Å²) in [5.74, 6) is 0.853. The molecule has 3 N–H and O–H groups in total. The van der Waals surface area contributed by atoms with Crippen molar-refractivity contribution in [2.45, 2.75) is 11.4 Å². The van der Waals surface area contributed by atoms with E-state index >= 15 is 0 Å². The van der Waals surface area contributed by atoms with Crippen LogP contribution in [0.5, 0.6) is 23.0 Å². The molecule has 0 aromatic heterocycles. The fraction of sp³-hybridized carbons (Fsp3) is 0.174. The van der Waals surface area contributed by atoms with E-state index in [0.717, 1.165) is 11.6 Å². The SMILES string of the molecule is COc1ccc(NS(=O)(=O)c2ccc(O)c(C(=O)NCc3ccc4c(c3)OCCO4)c2)cc1. The van der Waals surface area contributed by atoms with E-state index in [1.54, 1.807) is 42.5 Å². The molecule has 9 nitrogen and oxygen atoms in total. The fourth-order valence-electron chi connectivity index (χ4n) is 3.21. The Labute approximate surface area is 191 Å². The predicted molar refractivity (Wildman–Crippen MR) is 121 cm³/mol. The molecule has 1 aliphatic heterocycles. The number of phenolic OH excluding ortho intramolecular Hbond substituents is 1. The number of ether oxygens (including phenoxy) is 3. The van der Waals surface area contributed by atoms with E-state index in [1.165, 1.54) is 19.2 Å². The van der Waals surface area contributed by atoms with Gasteiger partial charge < -0.3 is 24.6 Å². The summed E-state index contributed by atoms with van der Waals surface area (Å²) in [6, 6.07) is 15.2. The standard InChI is InChI=1S/C23H22N2O7S/c1-30-17-5-3-16(4-6-17)25-33(28,29)18-7-8-20(26)19(13-18)23(27)24-14-15-2-9-21-22(12-15)32-11-10-31-21/h2-9,12-13,25-26H,10-11,14H2,1H3,(H,24,27). The van der Waals surface area contributed by atoms with Gasteiger partial charge >= 0.3 is 0 Å². The Bertz CT molecular complexity index is 1270. The topological polar surface area (TPSA) is 123 Å². The number of hydrogen-bond acceptors (Lipinski definition) is 7. The third-order valence-corrected chi connectivity index (χ3v) is 6.30. The zero-order chi connectivity index (χ0) is 23.4. The molecule has 1 aliphatic rings. The van der Waals surface area contributed by atoms with Gasteiger partial charge in [0.2, 0.25) is 0 Å². The highest BCUT2D eigenvalue weighted by Gasteiger charge is 2.20. The van der Waals surface area contributed by atoms with E-state index < -0.39 is 15.9 Å². The molecule has 4 rings (SSSR count). The number of methoxy groups -OCH3 is 1. The number of hydrogen-bond donors (Lipinski definition) is 3. The van der Waals surface area contributed by atoms with E-state index in [-0.39, 0.29) is 22.8 Å². The normalized spacial score (nSPS) is 12.6. The number of sulfonamides is 1. The van der Waals surface area contributed by atoms with Crippen LogP contribution in [0.3, 0.4) is 0 Å². The molecule has 10 heteroatoms. The van der Waals surface area contributed by atoms with Crippen LogP contribution in [-0.4, -0.2) is 39.8 Å². The first kappa shape index (κ1) is 22.3. The van der Waals surface area contributed by atoms with Gasteiger partial charge in [0.1, 0.15) is 24.7 Å². The van der Waals surface area contributed by atoms with Crippen molar-refractivity contribution in [2.24, 2.45) is 0 Å². The number of carbonyl (C=O) groups excluding carboxylic acids is 1. The zero-order valence-electron chi connectivity index (χ0n) is 17.7. The number of phenols is 1. The molecule has 0 fully saturated rings. The summed E-state index contributed by atoms with van der Waals surface area (Å²) < 4.78 is 44.1. The quantitative estimate of drug-likeness (QED) is 0.485. The highest BCUT2D eigenvalue weighted by Crippen LogP contribution is 2.31. The van der Waals surface area contributed by atoms with Crippen LogP contribution in [0, 0.1) is 0 Å². The molecule has 3 aromatic rings. The summed E-state index contributed by atoms with van der Waals surface area (Å²) >= 11 is 0. The molecular weight excluding hydrogens is 448 g/mol. The van der Waals surface area contributed by atoms with Gasteiger partial charge in [0.25, 0.3) is 15.9 Å². The van der Waals surface area contributed by atoms with Crippen LogP contribution >= 0.6 is 0 Å². The Balaban J connectivity index is 1.48. The largest absolute Gasteiger partial charge is 0.507 e. The molecule has 0 saturated carbocycles. The van der Waals surface area contributed by atoms with Crippen LogP contribution in [0.25, 0.3) is 0 Å². The van der Waals surface area contributed by atoms with Gasteiger partial charge in [0, 0.05) is 12.2 Å². The Kier molecular flexibility index (Phi) is 6.27. The van der Waals surface area contributed by atoms with Crippen molar-refractivity contribution < 1.29 is 32.5 Å². The summed E-state index contributed by atoms with van der Waals surface area (Å²) in [5.41, 5.74) is 0.927. The molecule has 0 unspecified atom stereocenters. The average Bonchev–Trinajstić information content (AvgIpc) is 2.82. The Morgan fingerprint density at radius 1 is 1.00 bits per heavy atom. The second-order valence-corrected chi connectivity index (χ2v) is 8.86. The van der Waals surface area contributed by atoms with Crippen molar-refractivity contribution in [3.63, 3.8) is 0 Å². The molecule has 0 saturated heterocycles. The second-order valence-electron chi connectivity index (χ2n) is 7.17. The van der Waals surface area contributed by atoms with Gasteiger partial charge in [-0.25, -0.2) is 8.42 Å². The van der Waals surface area contributed by atoms with Gasteiger partial charge in [-0.15, -0.1) is 0 Å². The number of amides is 1. The lowest BCUT2D eigenvalue weighted by Crippen LogP contribution is -2.24. The van der Waals surface area contributed by atoms with Gasteiger partial charge in [-0.2, -0.15) is 0 Å². The summed E-state index contributed by atoms with van der Waals surface area (Å²) in [6.45, 7) is 1.08. The summed E-state index contributed by atoms with van der Waals surface area (Å²) in [7, 11) is -2.49. The minimum atomic E-state index is -4.00. The van der Waals surface area contributed by atoms with Crippen molar-refractivity contribution in [3.8, 4) is 23.0 Å². The summed E-state index contributed by atoms with van der Waals surface area (Å²) in [5, 5.41) is 12.8. The third kappa shape index (κ3) is 5.12. The van der Waals surface area contributed by atoms with Gasteiger partial charge in [0.15, 0.2) is 11.5 Å². The number of fused-ring (bicyclic) bond motifs is 1. The average molecular weight is 471 g/mol. The number of benzene rings is 3. The minimum absolute atomic E-state index is 0.149. The molecule has 3 aromatic carbocycles. The molecule has 0 aliphatic carbocycles. The molecule has 0 bridgehead atoms. The highest BCUT2D eigenvalue weighted by atomic mass is 32.2. The van der Waals surface area contributed by atoms with Gasteiger partial charge in [-0.05, 0) is 60.2 Å². The monoisotopic (exact) mass is 470 g/mol. The number of anilines is 1. The maximum Gasteiger partial charge on any atom is 0.261 e. The fourth-order valence-corrected chi connectivity index (χ4v) is 4.30. The van der Waals surface area contributed by atoms with Crippen LogP contribution in [0.15, 0.2) is 65.6 Å². The Morgan fingerprint density at radius 2 is 1.73 bits per heavy atom. The highest BCUT2D eigenvalue weighted by molar-refractivity contribution is 7.92. The van der Waals surface area contributed by atoms with Crippen molar-refractivity contribution >= 4 is 21.6 Å². The number of carbonyl (C=O) groups is 1. The molecule has 0 spiro atoms. The summed E-state index contributed by atoms with van der Waals surface area (Å²) in [6.07, 6.45) is 0. The van der Waals surface area contributed by atoms with E-state index in [2.05, 4.69) is 10.0 Å². The second kappa shape index (κ2) is 9.29. The molecule has 0 radical (unpaired) electrons. The van der Waals surface area contributed by atoms with Gasteiger partial charge in [-0.1, -0.05) is 6.07 Å². The van der Waals surface area contributed by atoms with E-state index in [0.29, 0.717) is 36.1 Å². The summed E-state index contributed by atoms with van der Waals surface area (Å²) in [4.78, 5) is 12.5. The van der Waals surface area contributed by atoms with Crippen molar-refractivity contribution in [2.75, 3.05) is 25.0 Å². The maximum atomic E-state index is 12.8. The number of aromatic hydroxyl groups is 1. The minimum Gasteiger partial charge on any atom is -0.507 e. The Morgan fingerprint density at radius 3 is 2.45 bits per heavy atom. The molecule has 1 amide bonds. The van der Waals surface area contributed by atoms with Crippen LogP contribution in [0.2, 0.25) is 0 Å². The molecule has 0 atom stereocenters. The zero-order valence-corrected chi connectivity index (χ0v) is 18.5. The molecule has 33 heavy (non-hydrogen) atoms. The number of nitrogens with one attached hydrogen (secondary N) is 2. The first-order chi connectivity index (χ1) is 15.9. The third-order valence-electron chi connectivity index (χ3n) is 4.92. The molecule has 172 valence electrons. The lowest BCUT2D eigenvalue weighted by molar-refractivity contribution is 0.0948. The van der Waals surface area contributed by atoms with Gasteiger partial charge in [-0.3, -0.25) is 9.52 Å². The molecular formula is C23H22N2O7S. The van der Waals surface area contributed by atoms with E-state index in [4.69, 9.17) is 14.2 Å². The van der Waals surface area contributed by atoms with Crippen LogP contribution in [0.4, 0.5) is 5.69 Å². The van der Waals surface area contributed by atoms with Crippen LogP contribution < -0.4 is 24.2 Å². The van der Waals surface area contributed by atoms with Crippen molar-refractivity contribution in [3.05, 3.63) is 71.8 Å². The van der Waals surface area contributed by atoms with E-state index in [1.807, 2.05) is 0 Å². The lowest BCUT2D eigenvalue weighted by atomic mass is 10.1. The van der Waals surface area contributed by atoms with Crippen LogP contribution in [-0.2, 0) is 16.6 Å². The lowest BCUT2D eigenvalue weighted by Gasteiger charge is -2.19.